The van der Waals surface area contributed by atoms with E-state index in [0.717, 1.165) is 5.56 Å². The molecule has 0 unspecified atom stereocenters. The van der Waals surface area contributed by atoms with Crippen LogP contribution in [0.4, 0.5) is 0 Å². The number of sulfonamides is 1. The number of nitrogens with zero attached hydrogens (tertiary/aromatic N) is 5. The molecule has 1 saturated heterocycles. The van der Waals surface area contributed by atoms with Gasteiger partial charge in [-0.15, -0.1) is 0 Å². The van der Waals surface area contributed by atoms with Gasteiger partial charge in [0.15, 0.2) is 0 Å². The van der Waals surface area contributed by atoms with Crippen molar-refractivity contribution in [3.63, 3.8) is 0 Å². The van der Waals surface area contributed by atoms with Crippen LogP contribution in [0.2, 0.25) is 0 Å². The average Bonchev–Trinajstić information content (AvgIpc) is 3.27. The van der Waals surface area contributed by atoms with Gasteiger partial charge < -0.3 is 4.90 Å². The van der Waals surface area contributed by atoms with Crippen LogP contribution in [0.15, 0.2) is 72.1 Å². The van der Waals surface area contributed by atoms with E-state index in [1.165, 1.54) is 10.6 Å². The lowest BCUT2D eigenvalue weighted by atomic mass is 10.1. The topological polar surface area (TPSA) is 88.4 Å². The normalized spacial score (nSPS) is 15.4. The molecule has 2 heterocycles. The lowest BCUT2D eigenvalue weighted by Gasteiger charge is -2.34. The number of hydrogen-bond donors (Lipinski definition) is 0. The Kier molecular flexibility index (Phi) is 5.41. The summed E-state index contributed by atoms with van der Waals surface area (Å²) >= 11 is 0. The molecule has 0 radical (unpaired) electrons. The summed E-state index contributed by atoms with van der Waals surface area (Å²) in [6, 6.07) is 15.8. The number of aromatic nitrogens is 3. The fraction of sp³-hybridized carbons (Fsp3) is 0.250. The predicted molar refractivity (Wildman–Crippen MR) is 107 cm³/mol. The lowest BCUT2D eigenvalue weighted by molar-refractivity contribution is 0.0698. The third kappa shape index (κ3) is 4.20. The molecule has 0 atom stereocenters. The summed E-state index contributed by atoms with van der Waals surface area (Å²) in [6.45, 7) is 1.89. The second-order valence-corrected chi connectivity index (χ2v) is 8.74. The molecule has 3 aromatic rings. The molecule has 1 aromatic heterocycles. The van der Waals surface area contributed by atoms with E-state index in [1.807, 2.05) is 12.1 Å². The van der Waals surface area contributed by atoms with E-state index < -0.39 is 10.0 Å². The maximum Gasteiger partial charge on any atom is 0.253 e. The van der Waals surface area contributed by atoms with Crippen molar-refractivity contribution in [3.05, 3.63) is 78.4 Å². The zero-order chi connectivity index (χ0) is 20.3. The summed E-state index contributed by atoms with van der Waals surface area (Å²) in [5, 5.41) is 4.07. The van der Waals surface area contributed by atoms with Crippen molar-refractivity contribution in [2.75, 3.05) is 26.2 Å². The third-order valence-corrected chi connectivity index (χ3v) is 6.83. The van der Waals surface area contributed by atoms with Gasteiger partial charge >= 0.3 is 0 Å². The van der Waals surface area contributed by atoms with E-state index in [2.05, 4.69) is 10.1 Å². The van der Waals surface area contributed by atoms with Crippen LogP contribution >= 0.6 is 0 Å². The fourth-order valence-corrected chi connectivity index (χ4v) is 4.75. The highest BCUT2D eigenvalue weighted by Gasteiger charge is 2.30. The summed E-state index contributed by atoms with van der Waals surface area (Å²) in [4.78, 5) is 18.7. The van der Waals surface area contributed by atoms with E-state index in [-0.39, 0.29) is 23.9 Å². The van der Waals surface area contributed by atoms with E-state index in [1.54, 1.807) is 58.4 Å². The maximum absolute atomic E-state index is 12.8. The monoisotopic (exact) mass is 411 g/mol. The second kappa shape index (κ2) is 8.14. The predicted octanol–water partition coefficient (Wildman–Crippen LogP) is 1.47. The number of carbonyl (C=O) groups is 1. The van der Waals surface area contributed by atoms with Crippen LogP contribution in [0.5, 0.6) is 0 Å². The van der Waals surface area contributed by atoms with Gasteiger partial charge in [0, 0.05) is 31.7 Å². The standard InChI is InChI=1S/C20H21N5O3S/c26-20(18-8-6-17(7-9-18)14-24-16-21-15-22-24)23-10-12-25(13-11-23)29(27,28)19-4-2-1-3-5-19/h1-9,15-16H,10-14H2. The number of rotatable bonds is 5. The van der Waals surface area contributed by atoms with Crippen LogP contribution in [0.3, 0.4) is 0 Å². The van der Waals surface area contributed by atoms with Crippen LogP contribution in [-0.2, 0) is 16.6 Å². The van der Waals surface area contributed by atoms with Gasteiger partial charge in [0.1, 0.15) is 12.7 Å². The zero-order valence-corrected chi connectivity index (χ0v) is 16.6. The first-order valence-corrected chi connectivity index (χ1v) is 10.7. The van der Waals surface area contributed by atoms with Crippen molar-refractivity contribution in [2.45, 2.75) is 11.4 Å². The largest absolute Gasteiger partial charge is 0.336 e. The Balaban J connectivity index is 1.38. The van der Waals surface area contributed by atoms with Crippen LogP contribution in [-0.4, -0.2) is 64.5 Å². The molecule has 0 spiro atoms. The van der Waals surface area contributed by atoms with Crippen LogP contribution < -0.4 is 0 Å². The maximum atomic E-state index is 12.8. The summed E-state index contributed by atoms with van der Waals surface area (Å²) in [7, 11) is -3.52. The van der Waals surface area contributed by atoms with E-state index in [4.69, 9.17) is 0 Å². The van der Waals surface area contributed by atoms with Crippen LogP contribution in [0, 0.1) is 0 Å². The first-order chi connectivity index (χ1) is 14.0. The molecule has 1 aliphatic rings. The number of carbonyl (C=O) groups excluding carboxylic acids is 1. The zero-order valence-electron chi connectivity index (χ0n) is 15.8. The second-order valence-electron chi connectivity index (χ2n) is 6.80. The van der Waals surface area contributed by atoms with Gasteiger partial charge in [-0.3, -0.25) is 4.79 Å². The lowest BCUT2D eigenvalue weighted by Crippen LogP contribution is -2.50. The average molecular weight is 411 g/mol. The van der Waals surface area contributed by atoms with Gasteiger partial charge in [-0.1, -0.05) is 30.3 Å². The molecule has 1 fully saturated rings. The molecule has 29 heavy (non-hydrogen) atoms. The van der Waals surface area contributed by atoms with Gasteiger partial charge in [0.2, 0.25) is 10.0 Å². The van der Waals surface area contributed by atoms with E-state index in [0.29, 0.717) is 25.2 Å². The highest BCUT2D eigenvalue weighted by atomic mass is 32.2. The number of piperazine rings is 1. The molecular formula is C20H21N5O3S. The summed E-state index contributed by atoms with van der Waals surface area (Å²) < 4.78 is 28.6. The Labute approximate surface area is 169 Å². The van der Waals surface area contributed by atoms with Gasteiger partial charge in [-0.05, 0) is 29.8 Å². The van der Waals surface area contributed by atoms with Crippen molar-refractivity contribution < 1.29 is 13.2 Å². The molecule has 0 bridgehead atoms. The molecule has 0 saturated carbocycles. The van der Waals surface area contributed by atoms with Gasteiger partial charge in [-0.25, -0.2) is 18.1 Å². The number of benzene rings is 2. The molecule has 9 heteroatoms. The molecular weight excluding hydrogens is 390 g/mol. The van der Waals surface area contributed by atoms with E-state index >= 15 is 0 Å². The number of hydrogen-bond acceptors (Lipinski definition) is 5. The minimum Gasteiger partial charge on any atom is -0.336 e. The van der Waals surface area contributed by atoms with Crippen LogP contribution in [0.1, 0.15) is 15.9 Å². The molecule has 150 valence electrons. The Morgan fingerprint density at radius 1 is 0.931 bits per heavy atom. The van der Waals surface area contributed by atoms with Gasteiger partial charge in [0.25, 0.3) is 5.91 Å². The first kappa shape index (κ1) is 19.3. The molecule has 8 nitrogen and oxygen atoms in total. The molecule has 2 aromatic carbocycles. The minimum atomic E-state index is -3.52. The van der Waals surface area contributed by atoms with Crippen molar-refractivity contribution in [1.82, 2.24) is 24.0 Å². The van der Waals surface area contributed by atoms with Gasteiger partial charge in [0.05, 0.1) is 11.4 Å². The summed E-state index contributed by atoms with van der Waals surface area (Å²) in [6.07, 6.45) is 3.12. The van der Waals surface area contributed by atoms with Crippen molar-refractivity contribution in [1.29, 1.82) is 0 Å². The third-order valence-electron chi connectivity index (χ3n) is 4.92. The summed E-state index contributed by atoms with van der Waals surface area (Å²) in [5.41, 5.74) is 1.61. The molecule has 0 aliphatic carbocycles. The smallest absolute Gasteiger partial charge is 0.253 e. The molecule has 0 N–H and O–H groups in total. The van der Waals surface area contributed by atoms with E-state index in [9.17, 15) is 13.2 Å². The Morgan fingerprint density at radius 2 is 1.62 bits per heavy atom. The quantitative estimate of drug-likeness (QED) is 0.634. The van der Waals surface area contributed by atoms with Crippen molar-refractivity contribution in [2.24, 2.45) is 0 Å². The SMILES string of the molecule is O=C(c1ccc(Cn2cncn2)cc1)N1CCN(S(=O)(=O)c2ccccc2)CC1. The highest BCUT2D eigenvalue weighted by molar-refractivity contribution is 7.89. The Bertz CT molecular complexity index is 1060. The Morgan fingerprint density at radius 3 is 2.24 bits per heavy atom. The fourth-order valence-electron chi connectivity index (χ4n) is 3.31. The van der Waals surface area contributed by atoms with Crippen LogP contribution in [0.25, 0.3) is 0 Å². The number of amides is 1. The van der Waals surface area contributed by atoms with Crippen molar-refractivity contribution in [3.8, 4) is 0 Å². The summed E-state index contributed by atoms with van der Waals surface area (Å²) in [5.74, 6) is -0.0888. The molecule has 1 aliphatic heterocycles. The van der Waals surface area contributed by atoms with Gasteiger partial charge in [-0.2, -0.15) is 9.40 Å². The Hall–Kier alpha value is -3.04. The molecule has 4 rings (SSSR count). The highest BCUT2D eigenvalue weighted by Crippen LogP contribution is 2.18. The first-order valence-electron chi connectivity index (χ1n) is 9.30. The van der Waals surface area contributed by atoms with Crippen molar-refractivity contribution >= 4 is 15.9 Å². The minimum absolute atomic E-state index is 0.0888. The molecule has 1 amide bonds.